The second kappa shape index (κ2) is 10.3. The van der Waals surface area contributed by atoms with Crippen molar-refractivity contribution >= 4 is 53.7 Å². The molecule has 0 fully saturated rings. The van der Waals surface area contributed by atoms with Crippen LogP contribution in [0.4, 0.5) is 11.4 Å². The molecular weight excluding hydrogens is 570 g/mol. The predicted molar refractivity (Wildman–Crippen MR) is 160 cm³/mol. The molecule has 0 spiro atoms. The number of hydrogen-bond acceptors (Lipinski definition) is 6. The van der Waals surface area contributed by atoms with E-state index in [-0.39, 0.29) is 16.2 Å². The van der Waals surface area contributed by atoms with Crippen molar-refractivity contribution in [2.24, 2.45) is 7.05 Å². The minimum Gasteiger partial charge on any atom is -0.355 e. The maximum Gasteiger partial charge on any atom is 0.275 e. The highest BCUT2D eigenvalue weighted by molar-refractivity contribution is 7.90. The van der Waals surface area contributed by atoms with Crippen LogP contribution >= 0.6 is 11.6 Å². The fourth-order valence-corrected chi connectivity index (χ4v) is 6.83. The first-order chi connectivity index (χ1) is 18.8. The van der Waals surface area contributed by atoms with Gasteiger partial charge in [-0.05, 0) is 67.1 Å². The van der Waals surface area contributed by atoms with Gasteiger partial charge in [-0.25, -0.2) is 20.8 Å². The number of rotatable bonds is 7. The Morgan fingerprint density at radius 3 is 2.20 bits per heavy atom. The normalized spacial score (nSPS) is 12.1. The fourth-order valence-electron chi connectivity index (χ4n) is 4.57. The molecule has 0 radical (unpaired) electrons. The number of sulfone groups is 1. The van der Waals surface area contributed by atoms with Crippen LogP contribution in [0.3, 0.4) is 0 Å². The Hall–Kier alpha value is -3.86. The van der Waals surface area contributed by atoms with E-state index in [9.17, 15) is 21.6 Å². The second-order valence-electron chi connectivity index (χ2n) is 9.73. The molecule has 8 nitrogen and oxygen atoms in total. The van der Waals surface area contributed by atoms with Crippen molar-refractivity contribution in [3.63, 3.8) is 0 Å². The zero-order chi connectivity index (χ0) is 28.8. The van der Waals surface area contributed by atoms with Crippen LogP contribution in [0.15, 0.2) is 94.9 Å². The van der Waals surface area contributed by atoms with Crippen molar-refractivity contribution in [2.45, 2.75) is 17.6 Å². The minimum absolute atomic E-state index is 0.00784. The van der Waals surface area contributed by atoms with E-state index in [1.165, 1.54) is 22.9 Å². The molecule has 40 heavy (non-hydrogen) atoms. The van der Waals surface area contributed by atoms with Crippen LogP contribution < -0.4 is 10.9 Å². The summed E-state index contributed by atoms with van der Waals surface area (Å²) >= 11 is 6.04. The molecule has 0 unspecified atom stereocenters. The summed E-state index contributed by atoms with van der Waals surface area (Å²) in [4.78, 5) is 13.4. The van der Waals surface area contributed by atoms with Gasteiger partial charge >= 0.3 is 0 Å². The number of aryl methyl sites for hydroxylation is 2. The molecule has 0 saturated carbocycles. The van der Waals surface area contributed by atoms with Crippen molar-refractivity contribution in [1.29, 1.82) is 0 Å². The Morgan fingerprint density at radius 2 is 1.55 bits per heavy atom. The molecule has 3 aromatic carbocycles. The maximum atomic E-state index is 13.6. The maximum absolute atomic E-state index is 13.6. The minimum atomic E-state index is -4.08. The van der Waals surface area contributed by atoms with Gasteiger partial charge in [0.05, 0.1) is 10.6 Å². The molecule has 0 aliphatic heterocycles. The second-order valence-corrected chi connectivity index (χ2v) is 14.1. The van der Waals surface area contributed by atoms with E-state index in [0.29, 0.717) is 32.8 Å². The zero-order valence-electron chi connectivity index (χ0n) is 21.9. The Morgan fingerprint density at radius 1 is 0.875 bits per heavy atom. The number of fused-ring (bicyclic) bond motifs is 1. The summed E-state index contributed by atoms with van der Waals surface area (Å²) in [5, 5.41) is 4.32. The average Bonchev–Trinajstić information content (AvgIpc) is 3.34. The third kappa shape index (κ3) is 5.42. The lowest BCUT2D eigenvalue weighted by molar-refractivity contribution is 0.588. The van der Waals surface area contributed by atoms with Crippen LogP contribution in [-0.4, -0.2) is 31.6 Å². The molecule has 0 aliphatic carbocycles. The number of hydrogen-bond donors (Lipinski definition) is 1. The molecule has 0 amide bonds. The molecule has 1 N–H and O–H groups in total. The van der Waals surface area contributed by atoms with Gasteiger partial charge in [-0.3, -0.25) is 4.79 Å². The van der Waals surface area contributed by atoms with Crippen LogP contribution in [0.25, 0.3) is 22.0 Å². The molecule has 0 bridgehead atoms. The van der Waals surface area contributed by atoms with Gasteiger partial charge in [-0.15, -0.1) is 0 Å². The molecule has 11 heteroatoms. The Labute approximate surface area is 237 Å². The molecular formula is C29H26ClN3O5S2. The van der Waals surface area contributed by atoms with E-state index in [4.69, 9.17) is 11.6 Å². The smallest absolute Gasteiger partial charge is 0.275 e. The van der Waals surface area contributed by atoms with Gasteiger partial charge in [-0.1, -0.05) is 35.4 Å². The monoisotopic (exact) mass is 595 g/mol. The quantitative estimate of drug-likeness (QED) is 0.266. The molecule has 206 valence electrons. The molecule has 5 rings (SSSR count). The molecule has 0 aliphatic rings. The molecule has 0 saturated heterocycles. The van der Waals surface area contributed by atoms with Crippen molar-refractivity contribution < 1.29 is 16.8 Å². The van der Waals surface area contributed by atoms with Crippen molar-refractivity contribution in [2.75, 3.05) is 11.6 Å². The summed E-state index contributed by atoms with van der Waals surface area (Å²) in [5.74, 6) is -0.182. The van der Waals surface area contributed by atoms with E-state index >= 15 is 0 Å². The van der Waals surface area contributed by atoms with E-state index < -0.39 is 25.4 Å². The lowest BCUT2D eigenvalue weighted by Crippen LogP contribution is -2.22. The van der Waals surface area contributed by atoms with Crippen molar-refractivity contribution in [3.8, 4) is 11.1 Å². The lowest BCUT2D eigenvalue weighted by Gasteiger charge is -2.16. The van der Waals surface area contributed by atoms with Gasteiger partial charge in [0.15, 0.2) is 9.84 Å². The van der Waals surface area contributed by atoms with E-state index in [1.54, 1.807) is 73.9 Å². The summed E-state index contributed by atoms with van der Waals surface area (Å²) in [6.07, 6.45) is 4.16. The van der Waals surface area contributed by atoms with Gasteiger partial charge in [0.1, 0.15) is 5.52 Å². The average molecular weight is 596 g/mol. The van der Waals surface area contributed by atoms with Gasteiger partial charge in [-0.2, -0.15) is 0 Å². The lowest BCUT2D eigenvalue weighted by atomic mass is 9.99. The fraction of sp³-hybridized carbons (Fsp3) is 0.138. The number of benzene rings is 3. The highest BCUT2D eigenvalue weighted by Crippen LogP contribution is 2.36. The van der Waals surface area contributed by atoms with Crippen LogP contribution in [0.1, 0.15) is 11.1 Å². The number of pyridine rings is 1. The van der Waals surface area contributed by atoms with Crippen LogP contribution in [0.5, 0.6) is 0 Å². The zero-order valence-corrected chi connectivity index (χ0v) is 24.3. The summed E-state index contributed by atoms with van der Waals surface area (Å²) in [5.41, 5.74) is 3.49. The first kappa shape index (κ1) is 27.7. The van der Waals surface area contributed by atoms with Gasteiger partial charge in [0.2, 0.25) is 0 Å². The third-order valence-corrected chi connectivity index (χ3v) is 9.29. The van der Waals surface area contributed by atoms with Gasteiger partial charge < -0.3 is 9.88 Å². The highest BCUT2D eigenvalue weighted by Gasteiger charge is 2.24. The summed E-state index contributed by atoms with van der Waals surface area (Å²) in [6.45, 7) is 1.86. The molecule has 2 aromatic heterocycles. The SMILES string of the molecule is Cc1ccc(S(=O)(=O)n2ccc3c(-c4cc(CS(C)(=O)=O)ccc4Nc4ccc(Cl)cc4)cn(C)c(=O)c32)cc1. The van der Waals surface area contributed by atoms with E-state index in [2.05, 4.69) is 5.32 Å². The predicted octanol–water partition coefficient (Wildman–Crippen LogP) is 5.49. The summed E-state index contributed by atoms with van der Waals surface area (Å²) in [7, 11) is -5.86. The van der Waals surface area contributed by atoms with Crippen LogP contribution in [0.2, 0.25) is 5.02 Å². The Balaban J connectivity index is 1.75. The highest BCUT2D eigenvalue weighted by atomic mass is 35.5. The number of aromatic nitrogens is 2. The van der Waals surface area contributed by atoms with Gasteiger partial charge in [0.25, 0.3) is 15.6 Å². The number of nitrogens with one attached hydrogen (secondary N) is 1. The topological polar surface area (TPSA) is 107 Å². The Kier molecular flexibility index (Phi) is 7.11. The van der Waals surface area contributed by atoms with Crippen molar-refractivity contribution in [1.82, 2.24) is 8.54 Å². The molecule has 2 heterocycles. The Bertz CT molecular complexity index is 2030. The number of anilines is 2. The van der Waals surface area contributed by atoms with Crippen molar-refractivity contribution in [3.05, 3.63) is 112 Å². The summed E-state index contributed by atoms with van der Waals surface area (Å²) in [6, 6.07) is 20.3. The number of halogens is 1. The van der Waals surface area contributed by atoms with Crippen LogP contribution in [0, 0.1) is 6.92 Å². The number of nitrogens with zero attached hydrogens (tertiary/aromatic N) is 2. The third-order valence-electron chi connectivity index (χ3n) is 6.49. The largest absolute Gasteiger partial charge is 0.355 e. The molecule has 0 atom stereocenters. The van der Waals surface area contributed by atoms with Gasteiger partial charge in [0, 0.05) is 58.6 Å². The first-order valence-electron chi connectivity index (χ1n) is 12.2. The van der Waals surface area contributed by atoms with Crippen LogP contribution in [-0.2, 0) is 32.7 Å². The standard InChI is InChI=1S/C29H26ClN3O5S2/c1-19-4-11-23(12-5-19)40(37,38)33-15-14-24-26(17-32(2)29(34)28(24)33)25-16-20(18-39(3,35)36)6-13-27(25)31-22-9-7-21(30)8-10-22/h4-17,31H,18H2,1-3H3. The first-order valence-corrected chi connectivity index (χ1v) is 16.1. The summed E-state index contributed by atoms with van der Waals surface area (Å²) < 4.78 is 53.7. The van der Waals surface area contributed by atoms with E-state index in [0.717, 1.165) is 21.5 Å². The van der Waals surface area contributed by atoms with E-state index in [1.807, 2.05) is 6.92 Å². The molecule has 5 aromatic rings.